The van der Waals surface area contributed by atoms with Gasteiger partial charge in [0, 0.05) is 18.7 Å². The fraction of sp³-hybridized carbons (Fsp3) is 0.174. The van der Waals surface area contributed by atoms with E-state index in [2.05, 4.69) is 29.2 Å². The van der Waals surface area contributed by atoms with E-state index in [0.717, 1.165) is 25.1 Å². The average Bonchev–Trinajstić information content (AvgIpc) is 2.73. The second kappa shape index (κ2) is 7.54. The number of fused-ring (bicyclic) bond motifs is 1. The monoisotopic (exact) mass is 343 g/mol. The molecule has 0 aliphatic carbocycles. The lowest BCUT2D eigenvalue weighted by Crippen LogP contribution is -2.36. The molecule has 1 heterocycles. The number of esters is 1. The van der Waals surface area contributed by atoms with E-state index in [1.165, 1.54) is 11.1 Å². The first kappa shape index (κ1) is 16.6. The highest BCUT2D eigenvalue weighted by atomic mass is 16.6. The zero-order valence-corrected chi connectivity index (χ0v) is 14.5. The van der Waals surface area contributed by atoms with Gasteiger partial charge in [-0.05, 0) is 29.7 Å². The molecule has 3 heteroatoms. The van der Waals surface area contributed by atoms with E-state index in [4.69, 9.17) is 4.74 Å². The summed E-state index contributed by atoms with van der Waals surface area (Å²) in [4.78, 5) is 14.9. The number of hydrogen-bond acceptors (Lipinski definition) is 3. The molecule has 26 heavy (non-hydrogen) atoms. The van der Waals surface area contributed by atoms with Crippen LogP contribution in [0.15, 0.2) is 84.9 Å². The van der Waals surface area contributed by atoms with Crippen molar-refractivity contribution < 1.29 is 9.53 Å². The van der Waals surface area contributed by atoms with Crippen molar-refractivity contribution in [1.29, 1.82) is 0 Å². The highest BCUT2D eigenvalue weighted by Gasteiger charge is 2.28. The molecule has 130 valence electrons. The zero-order chi connectivity index (χ0) is 17.8. The lowest BCUT2D eigenvalue weighted by Gasteiger charge is -2.35. The van der Waals surface area contributed by atoms with Gasteiger partial charge in [-0.3, -0.25) is 4.90 Å². The molecule has 3 aromatic carbocycles. The number of benzene rings is 3. The van der Waals surface area contributed by atoms with Gasteiger partial charge in [-0.2, -0.15) is 0 Å². The molecular weight excluding hydrogens is 322 g/mol. The minimum absolute atomic E-state index is 0.293. The summed E-state index contributed by atoms with van der Waals surface area (Å²) in [5.74, 6) is -0.293. The van der Waals surface area contributed by atoms with Crippen LogP contribution in [0.3, 0.4) is 0 Å². The molecule has 0 radical (unpaired) electrons. The van der Waals surface area contributed by atoms with Crippen molar-refractivity contribution >= 4 is 5.97 Å². The van der Waals surface area contributed by atoms with E-state index in [0.29, 0.717) is 5.56 Å². The summed E-state index contributed by atoms with van der Waals surface area (Å²) >= 11 is 0. The molecule has 0 fully saturated rings. The zero-order valence-electron chi connectivity index (χ0n) is 14.5. The van der Waals surface area contributed by atoms with Crippen molar-refractivity contribution in [2.75, 3.05) is 6.54 Å². The predicted octanol–water partition coefficient (Wildman–Crippen LogP) is 4.60. The highest BCUT2D eigenvalue weighted by molar-refractivity contribution is 5.89. The van der Waals surface area contributed by atoms with Gasteiger partial charge in [0.2, 0.25) is 0 Å². The summed E-state index contributed by atoms with van der Waals surface area (Å²) in [6.45, 7) is 1.64. The van der Waals surface area contributed by atoms with Crippen LogP contribution in [0.1, 0.15) is 33.3 Å². The molecule has 4 rings (SSSR count). The van der Waals surface area contributed by atoms with Crippen molar-refractivity contribution in [3.8, 4) is 0 Å². The predicted molar refractivity (Wildman–Crippen MR) is 102 cm³/mol. The van der Waals surface area contributed by atoms with Crippen molar-refractivity contribution in [3.63, 3.8) is 0 Å². The summed E-state index contributed by atoms with van der Waals surface area (Å²) in [5, 5.41) is 0. The third-order valence-electron chi connectivity index (χ3n) is 4.80. The molecule has 3 nitrogen and oxygen atoms in total. The molecule has 0 saturated carbocycles. The van der Waals surface area contributed by atoms with Gasteiger partial charge in [0.1, 0.15) is 0 Å². The van der Waals surface area contributed by atoms with Crippen LogP contribution in [-0.2, 0) is 17.7 Å². The van der Waals surface area contributed by atoms with Gasteiger partial charge in [-0.1, -0.05) is 72.8 Å². The Morgan fingerprint density at radius 2 is 1.42 bits per heavy atom. The molecular formula is C23H21NO2. The molecule has 0 N–H and O–H groups in total. The molecule has 1 aliphatic heterocycles. The van der Waals surface area contributed by atoms with Crippen molar-refractivity contribution in [2.24, 2.45) is 0 Å². The Morgan fingerprint density at radius 3 is 2.15 bits per heavy atom. The van der Waals surface area contributed by atoms with Crippen LogP contribution in [0.4, 0.5) is 0 Å². The lowest BCUT2D eigenvalue weighted by molar-refractivity contribution is -0.0409. The Kier molecular flexibility index (Phi) is 4.80. The lowest BCUT2D eigenvalue weighted by atomic mass is 9.99. The van der Waals surface area contributed by atoms with Crippen LogP contribution in [0.5, 0.6) is 0 Å². The van der Waals surface area contributed by atoms with Gasteiger partial charge in [-0.25, -0.2) is 4.79 Å². The summed E-state index contributed by atoms with van der Waals surface area (Å²) in [6.07, 6.45) is 0.569. The molecule has 1 unspecified atom stereocenters. The van der Waals surface area contributed by atoms with Crippen LogP contribution >= 0.6 is 0 Å². The Balaban J connectivity index is 1.61. The molecule has 0 spiro atoms. The molecule has 3 aromatic rings. The molecule has 1 aliphatic rings. The molecule has 0 saturated heterocycles. The number of carbonyl (C=O) groups excluding carboxylic acids is 1. The largest absolute Gasteiger partial charge is 0.438 e. The Bertz CT molecular complexity index is 877. The standard InChI is InChI=1S/C23H21NO2/c25-23(20-12-5-2-6-13-20)26-22(19-10-3-1-4-11-19)24-16-15-18-9-7-8-14-21(18)17-24/h1-14,22H,15-17H2. The maximum atomic E-state index is 12.7. The van der Waals surface area contributed by atoms with Gasteiger partial charge < -0.3 is 4.74 Å². The molecule has 0 amide bonds. The number of ether oxygens (including phenoxy) is 1. The number of hydrogen-bond donors (Lipinski definition) is 0. The second-order valence-corrected chi connectivity index (χ2v) is 6.52. The normalized spacial score (nSPS) is 15.1. The summed E-state index contributed by atoms with van der Waals surface area (Å²) in [6, 6.07) is 27.6. The Morgan fingerprint density at radius 1 is 0.808 bits per heavy atom. The smallest absolute Gasteiger partial charge is 0.339 e. The first-order valence-electron chi connectivity index (χ1n) is 8.93. The van der Waals surface area contributed by atoms with Crippen molar-refractivity contribution in [3.05, 3.63) is 107 Å². The average molecular weight is 343 g/mol. The fourth-order valence-corrected chi connectivity index (χ4v) is 3.43. The topological polar surface area (TPSA) is 29.5 Å². The number of nitrogens with zero attached hydrogens (tertiary/aromatic N) is 1. The maximum absolute atomic E-state index is 12.7. The van der Waals surface area contributed by atoms with Gasteiger partial charge in [-0.15, -0.1) is 0 Å². The summed E-state index contributed by atoms with van der Waals surface area (Å²) < 4.78 is 5.96. The Hall–Kier alpha value is -2.91. The maximum Gasteiger partial charge on any atom is 0.339 e. The van der Waals surface area contributed by atoms with Crippen LogP contribution in [-0.4, -0.2) is 17.4 Å². The van der Waals surface area contributed by atoms with E-state index in [1.807, 2.05) is 48.5 Å². The molecule has 0 bridgehead atoms. The van der Waals surface area contributed by atoms with Crippen molar-refractivity contribution in [2.45, 2.75) is 19.2 Å². The van der Waals surface area contributed by atoms with E-state index in [9.17, 15) is 4.79 Å². The number of carbonyl (C=O) groups is 1. The minimum Gasteiger partial charge on any atom is -0.438 e. The van der Waals surface area contributed by atoms with E-state index in [1.54, 1.807) is 12.1 Å². The van der Waals surface area contributed by atoms with E-state index in [-0.39, 0.29) is 5.97 Å². The van der Waals surface area contributed by atoms with Gasteiger partial charge in [0.05, 0.1) is 5.56 Å². The van der Waals surface area contributed by atoms with Crippen molar-refractivity contribution in [1.82, 2.24) is 4.90 Å². The third-order valence-corrected chi connectivity index (χ3v) is 4.80. The van der Waals surface area contributed by atoms with E-state index >= 15 is 0 Å². The molecule has 1 atom stereocenters. The molecule has 0 aromatic heterocycles. The quantitative estimate of drug-likeness (QED) is 0.648. The highest BCUT2D eigenvalue weighted by Crippen LogP contribution is 2.29. The Labute approximate surface area is 153 Å². The van der Waals surface area contributed by atoms with Crippen LogP contribution in [0, 0.1) is 0 Å². The van der Waals surface area contributed by atoms with Crippen LogP contribution in [0.2, 0.25) is 0 Å². The van der Waals surface area contributed by atoms with E-state index < -0.39 is 6.23 Å². The fourth-order valence-electron chi connectivity index (χ4n) is 3.43. The van der Waals surface area contributed by atoms with Crippen LogP contribution < -0.4 is 0 Å². The second-order valence-electron chi connectivity index (χ2n) is 6.52. The SMILES string of the molecule is O=C(OC(c1ccccc1)N1CCc2ccccc2C1)c1ccccc1. The van der Waals surface area contributed by atoms with Gasteiger partial charge in [0.25, 0.3) is 0 Å². The minimum atomic E-state index is -0.391. The summed E-state index contributed by atoms with van der Waals surface area (Å²) in [7, 11) is 0. The summed E-state index contributed by atoms with van der Waals surface area (Å²) in [5.41, 5.74) is 4.25. The van der Waals surface area contributed by atoms with Gasteiger partial charge in [0.15, 0.2) is 6.23 Å². The van der Waals surface area contributed by atoms with Gasteiger partial charge >= 0.3 is 5.97 Å². The first-order valence-corrected chi connectivity index (χ1v) is 8.93. The first-order chi connectivity index (χ1) is 12.8. The third kappa shape index (κ3) is 3.53. The number of rotatable bonds is 4. The van der Waals surface area contributed by atoms with Crippen LogP contribution in [0.25, 0.3) is 0 Å².